The van der Waals surface area contributed by atoms with E-state index in [0.717, 1.165) is 31.6 Å². The normalized spacial score (nSPS) is 14.6. The maximum absolute atomic E-state index is 5.97. The van der Waals surface area contributed by atoms with Crippen molar-refractivity contribution in [1.29, 1.82) is 0 Å². The first-order valence-electron chi connectivity index (χ1n) is 6.40. The molecule has 0 atom stereocenters. The van der Waals surface area contributed by atoms with E-state index in [1.54, 1.807) is 12.1 Å². The number of hydrogen-bond donors (Lipinski definition) is 1. The number of nitrogens with zero attached hydrogens (tertiary/aromatic N) is 4. The van der Waals surface area contributed by atoms with E-state index >= 15 is 0 Å². The maximum Gasteiger partial charge on any atom is 0.233 e. The van der Waals surface area contributed by atoms with Gasteiger partial charge in [-0.15, -0.1) is 0 Å². The van der Waals surface area contributed by atoms with Crippen LogP contribution >= 0.6 is 23.2 Å². The van der Waals surface area contributed by atoms with Crippen molar-refractivity contribution in [3.05, 3.63) is 34.6 Å². The lowest BCUT2D eigenvalue weighted by Gasteiger charge is -2.15. The van der Waals surface area contributed by atoms with Gasteiger partial charge in [0, 0.05) is 23.8 Å². The van der Waals surface area contributed by atoms with Crippen LogP contribution in [0.5, 0.6) is 0 Å². The molecule has 0 spiro atoms. The van der Waals surface area contributed by atoms with Crippen LogP contribution in [-0.4, -0.2) is 28.0 Å². The molecule has 104 valence electrons. The van der Waals surface area contributed by atoms with Gasteiger partial charge in [-0.1, -0.05) is 11.6 Å². The summed E-state index contributed by atoms with van der Waals surface area (Å²) in [6.45, 7) is 1.92. The molecule has 1 N–H and O–H groups in total. The Bertz CT molecular complexity index is 596. The van der Waals surface area contributed by atoms with E-state index in [1.165, 1.54) is 0 Å². The number of benzene rings is 1. The van der Waals surface area contributed by atoms with Crippen molar-refractivity contribution in [2.45, 2.75) is 12.8 Å². The lowest BCUT2D eigenvalue weighted by atomic mass is 10.3. The molecule has 0 radical (unpaired) electrons. The molecule has 5 nitrogen and oxygen atoms in total. The van der Waals surface area contributed by atoms with Gasteiger partial charge in [-0.05, 0) is 48.7 Å². The van der Waals surface area contributed by atoms with E-state index in [-0.39, 0.29) is 5.28 Å². The summed E-state index contributed by atoms with van der Waals surface area (Å²) in [5, 5.41) is 3.98. The Hall–Kier alpha value is -1.59. The predicted octanol–water partition coefficient (Wildman–Crippen LogP) is 3.52. The average molecular weight is 310 g/mol. The molecule has 20 heavy (non-hydrogen) atoms. The highest BCUT2D eigenvalue weighted by molar-refractivity contribution is 6.30. The minimum atomic E-state index is 0.193. The molecular weight excluding hydrogens is 297 g/mol. The summed E-state index contributed by atoms with van der Waals surface area (Å²) in [5.74, 6) is 1.06. The fourth-order valence-electron chi connectivity index (χ4n) is 2.12. The molecule has 0 unspecified atom stereocenters. The molecule has 1 aliphatic heterocycles. The average Bonchev–Trinajstić information content (AvgIpc) is 2.95. The van der Waals surface area contributed by atoms with E-state index in [2.05, 4.69) is 25.2 Å². The van der Waals surface area contributed by atoms with Crippen LogP contribution in [0.15, 0.2) is 24.3 Å². The minimum Gasteiger partial charge on any atom is -0.341 e. The van der Waals surface area contributed by atoms with Crippen LogP contribution in [0.1, 0.15) is 12.8 Å². The summed E-state index contributed by atoms with van der Waals surface area (Å²) in [5.41, 5.74) is 0.851. The number of anilines is 3. The molecule has 1 aromatic carbocycles. The Balaban J connectivity index is 1.83. The van der Waals surface area contributed by atoms with Crippen molar-refractivity contribution in [1.82, 2.24) is 15.0 Å². The number of hydrogen-bond acceptors (Lipinski definition) is 5. The number of halogens is 2. The van der Waals surface area contributed by atoms with Crippen LogP contribution in [0.25, 0.3) is 0 Å². The van der Waals surface area contributed by atoms with Crippen molar-refractivity contribution in [3.63, 3.8) is 0 Å². The first kappa shape index (κ1) is 13.4. The van der Waals surface area contributed by atoms with E-state index in [4.69, 9.17) is 23.2 Å². The molecule has 3 rings (SSSR count). The monoisotopic (exact) mass is 309 g/mol. The lowest BCUT2D eigenvalue weighted by Crippen LogP contribution is -2.21. The van der Waals surface area contributed by atoms with Gasteiger partial charge in [0.2, 0.25) is 17.2 Å². The summed E-state index contributed by atoms with van der Waals surface area (Å²) < 4.78 is 0. The van der Waals surface area contributed by atoms with Crippen molar-refractivity contribution < 1.29 is 0 Å². The molecule has 1 aromatic heterocycles. The van der Waals surface area contributed by atoms with Crippen LogP contribution in [-0.2, 0) is 0 Å². The Morgan fingerprint density at radius 3 is 2.35 bits per heavy atom. The zero-order valence-electron chi connectivity index (χ0n) is 10.7. The number of rotatable bonds is 3. The topological polar surface area (TPSA) is 53.9 Å². The number of aromatic nitrogens is 3. The molecular formula is C13H13Cl2N5. The van der Waals surface area contributed by atoms with Gasteiger partial charge < -0.3 is 10.2 Å². The second kappa shape index (κ2) is 5.81. The van der Waals surface area contributed by atoms with Gasteiger partial charge in [-0.25, -0.2) is 0 Å². The standard InChI is InChI=1S/C13H13Cl2N5/c14-9-3-5-10(6-4-9)16-12-17-11(15)18-13(19-12)20-7-1-2-8-20/h3-6H,1-2,7-8H2,(H,16,17,18,19). The van der Waals surface area contributed by atoms with Crippen LogP contribution < -0.4 is 10.2 Å². The second-order valence-corrected chi connectivity index (χ2v) is 5.33. The first-order valence-corrected chi connectivity index (χ1v) is 7.15. The highest BCUT2D eigenvalue weighted by atomic mass is 35.5. The third-order valence-corrected chi connectivity index (χ3v) is 3.51. The Morgan fingerprint density at radius 1 is 0.950 bits per heavy atom. The van der Waals surface area contributed by atoms with Crippen LogP contribution in [0, 0.1) is 0 Å². The summed E-state index contributed by atoms with van der Waals surface area (Å²) >= 11 is 11.8. The highest BCUT2D eigenvalue weighted by Gasteiger charge is 2.16. The van der Waals surface area contributed by atoms with Crippen molar-refractivity contribution in [3.8, 4) is 0 Å². The zero-order valence-corrected chi connectivity index (χ0v) is 12.2. The lowest BCUT2D eigenvalue weighted by molar-refractivity contribution is 0.883. The van der Waals surface area contributed by atoms with Gasteiger partial charge in [0.1, 0.15) is 0 Å². The van der Waals surface area contributed by atoms with Gasteiger partial charge in [0.25, 0.3) is 0 Å². The molecule has 1 aliphatic rings. The van der Waals surface area contributed by atoms with Crippen LogP contribution in [0.2, 0.25) is 10.3 Å². The Labute approximate surface area is 127 Å². The first-order chi connectivity index (χ1) is 9.70. The van der Waals surface area contributed by atoms with E-state index in [0.29, 0.717) is 16.9 Å². The third-order valence-electron chi connectivity index (χ3n) is 3.09. The fraction of sp³-hybridized carbons (Fsp3) is 0.308. The second-order valence-electron chi connectivity index (χ2n) is 4.55. The van der Waals surface area contributed by atoms with Gasteiger partial charge >= 0.3 is 0 Å². The minimum absolute atomic E-state index is 0.193. The zero-order chi connectivity index (χ0) is 13.9. The highest BCUT2D eigenvalue weighted by Crippen LogP contribution is 2.21. The summed E-state index contributed by atoms with van der Waals surface area (Å²) in [6.07, 6.45) is 2.31. The molecule has 1 saturated heterocycles. The van der Waals surface area contributed by atoms with Crippen molar-refractivity contribution in [2.75, 3.05) is 23.3 Å². The number of nitrogens with one attached hydrogen (secondary N) is 1. The Kier molecular flexibility index (Phi) is 3.89. The smallest absolute Gasteiger partial charge is 0.233 e. The van der Waals surface area contributed by atoms with E-state index in [9.17, 15) is 0 Å². The molecule has 0 aliphatic carbocycles. The van der Waals surface area contributed by atoms with Gasteiger partial charge in [0.15, 0.2) is 0 Å². The summed E-state index contributed by atoms with van der Waals surface area (Å²) in [7, 11) is 0. The SMILES string of the molecule is Clc1ccc(Nc2nc(Cl)nc(N3CCCC3)n2)cc1. The van der Waals surface area contributed by atoms with Crippen molar-refractivity contribution in [2.24, 2.45) is 0 Å². The third kappa shape index (κ3) is 3.11. The molecule has 2 aromatic rings. The van der Waals surface area contributed by atoms with Crippen LogP contribution in [0.3, 0.4) is 0 Å². The summed E-state index contributed by atoms with van der Waals surface area (Å²) in [4.78, 5) is 14.8. The molecule has 1 fully saturated rings. The predicted molar refractivity (Wildman–Crippen MR) is 81.0 cm³/mol. The maximum atomic E-state index is 5.97. The van der Waals surface area contributed by atoms with E-state index in [1.807, 2.05) is 12.1 Å². The fourth-order valence-corrected chi connectivity index (χ4v) is 2.40. The molecule has 2 heterocycles. The van der Waals surface area contributed by atoms with Gasteiger partial charge in [0.05, 0.1) is 0 Å². The molecule has 0 saturated carbocycles. The van der Waals surface area contributed by atoms with Crippen LogP contribution in [0.4, 0.5) is 17.6 Å². The quantitative estimate of drug-likeness (QED) is 0.940. The van der Waals surface area contributed by atoms with Crippen molar-refractivity contribution >= 4 is 40.8 Å². The Morgan fingerprint density at radius 2 is 1.65 bits per heavy atom. The summed E-state index contributed by atoms with van der Waals surface area (Å²) in [6, 6.07) is 7.31. The van der Waals surface area contributed by atoms with Gasteiger partial charge in [-0.2, -0.15) is 15.0 Å². The molecule has 7 heteroatoms. The van der Waals surface area contributed by atoms with E-state index < -0.39 is 0 Å². The largest absolute Gasteiger partial charge is 0.341 e. The van der Waals surface area contributed by atoms with Gasteiger partial charge in [-0.3, -0.25) is 0 Å². The molecule has 0 bridgehead atoms. The molecule has 0 amide bonds.